The number of hydrogen-bond acceptors (Lipinski definition) is 5. The molecule has 1 aliphatic rings. The molecule has 8 nitrogen and oxygen atoms in total. The second-order valence-corrected chi connectivity index (χ2v) is 5.94. The Balaban J connectivity index is 1.50. The summed E-state index contributed by atoms with van der Waals surface area (Å²) in [7, 11) is 0. The molecule has 0 saturated heterocycles. The van der Waals surface area contributed by atoms with Crippen molar-refractivity contribution in [1.29, 1.82) is 0 Å². The van der Waals surface area contributed by atoms with E-state index in [1.54, 1.807) is 12.4 Å². The first-order valence-electron chi connectivity index (χ1n) is 8.72. The van der Waals surface area contributed by atoms with Gasteiger partial charge in [0, 0.05) is 25.2 Å². The summed E-state index contributed by atoms with van der Waals surface area (Å²) in [6.45, 7) is 6.71. The first-order valence-corrected chi connectivity index (χ1v) is 8.72. The molecular formula is C17H25N7O. The van der Waals surface area contributed by atoms with Crippen LogP contribution < -0.4 is 15.4 Å². The third-order valence-electron chi connectivity index (χ3n) is 3.91. The summed E-state index contributed by atoms with van der Waals surface area (Å²) in [6.07, 6.45) is 5.38. The lowest BCUT2D eigenvalue weighted by molar-refractivity contribution is 0.326. The van der Waals surface area contributed by atoms with Gasteiger partial charge in [-0.25, -0.2) is 14.7 Å². The zero-order chi connectivity index (χ0) is 17.5. The molecule has 0 aromatic carbocycles. The van der Waals surface area contributed by atoms with Gasteiger partial charge in [-0.05, 0) is 32.4 Å². The average molecular weight is 343 g/mol. The summed E-state index contributed by atoms with van der Waals surface area (Å²) >= 11 is 0. The molecule has 2 N–H and O–H groups in total. The smallest absolute Gasteiger partial charge is 0.191 e. The number of rotatable bonds is 6. The highest BCUT2D eigenvalue weighted by atomic mass is 16.5. The maximum absolute atomic E-state index is 5.63. The van der Waals surface area contributed by atoms with Gasteiger partial charge in [0.15, 0.2) is 5.96 Å². The van der Waals surface area contributed by atoms with Crippen LogP contribution in [-0.2, 0) is 13.0 Å². The molecule has 0 amide bonds. The van der Waals surface area contributed by atoms with Crippen LogP contribution in [0.5, 0.6) is 5.75 Å². The summed E-state index contributed by atoms with van der Waals surface area (Å²) < 4.78 is 7.62. The van der Waals surface area contributed by atoms with Crippen LogP contribution in [0.1, 0.15) is 25.0 Å². The fourth-order valence-electron chi connectivity index (χ4n) is 2.82. The van der Waals surface area contributed by atoms with E-state index < -0.39 is 0 Å². The highest BCUT2D eigenvalue weighted by Gasteiger charge is 2.21. The van der Waals surface area contributed by atoms with Crippen molar-refractivity contribution in [3.63, 3.8) is 0 Å². The number of nitrogens with one attached hydrogen (secondary N) is 2. The minimum Gasteiger partial charge on any atom is -0.490 e. The minimum absolute atomic E-state index is 0.297. The van der Waals surface area contributed by atoms with E-state index in [1.807, 2.05) is 23.7 Å². The van der Waals surface area contributed by atoms with E-state index in [1.165, 1.54) is 0 Å². The Kier molecular flexibility index (Phi) is 5.81. The Hall–Kier alpha value is -2.64. The lowest BCUT2D eigenvalue weighted by Gasteiger charge is -2.25. The molecule has 25 heavy (non-hydrogen) atoms. The van der Waals surface area contributed by atoms with Crippen LogP contribution in [0.15, 0.2) is 29.5 Å². The lowest BCUT2D eigenvalue weighted by Crippen LogP contribution is -2.47. The third-order valence-corrected chi connectivity index (χ3v) is 3.91. The average Bonchev–Trinajstić information content (AvgIpc) is 2.99. The van der Waals surface area contributed by atoms with E-state index in [4.69, 9.17) is 4.74 Å². The molecule has 3 heterocycles. The second kappa shape index (κ2) is 8.46. The molecule has 8 heteroatoms. The van der Waals surface area contributed by atoms with Gasteiger partial charge in [-0.3, -0.25) is 4.98 Å². The minimum atomic E-state index is 0.297. The van der Waals surface area contributed by atoms with Crippen LogP contribution in [0, 0.1) is 6.92 Å². The zero-order valence-electron chi connectivity index (χ0n) is 14.8. The van der Waals surface area contributed by atoms with Gasteiger partial charge in [0.05, 0.1) is 19.3 Å². The van der Waals surface area contributed by atoms with Crippen LogP contribution in [0.4, 0.5) is 0 Å². The number of aryl methyl sites for hydroxylation is 2. The van der Waals surface area contributed by atoms with Gasteiger partial charge in [-0.2, -0.15) is 5.10 Å². The van der Waals surface area contributed by atoms with Gasteiger partial charge in [-0.15, -0.1) is 0 Å². The van der Waals surface area contributed by atoms with Gasteiger partial charge in [0.25, 0.3) is 0 Å². The summed E-state index contributed by atoms with van der Waals surface area (Å²) in [5, 5.41) is 11.2. The Morgan fingerprint density at radius 2 is 2.40 bits per heavy atom. The highest BCUT2D eigenvalue weighted by Crippen LogP contribution is 2.12. The molecule has 3 rings (SSSR count). The molecule has 134 valence electrons. The Morgan fingerprint density at radius 3 is 3.20 bits per heavy atom. The van der Waals surface area contributed by atoms with Crippen LogP contribution >= 0.6 is 0 Å². The Bertz CT molecular complexity index is 698. The van der Waals surface area contributed by atoms with Crippen molar-refractivity contribution in [2.45, 2.75) is 39.3 Å². The number of fused-ring (bicyclic) bond motifs is 1. The molecule has 0 aliphatic carbocycles. The van der Waals surface area contributed by atoms with Gasteiger partial charge in [0.1, 0.15) is 24.0 Å². The number of pyridine rings is 1. The van der Waals surface area contributed by atoms with Crippen molar-refractivity contribution < 1.29 is 4.74 Å². The molecule has 0 saturated carbocycles. The van der Waals surface area contributed by atoms with Gasteiger partial charge >= 0.3 is 0 Å². The molecule has 0 spiro atoms. The lowest BCUT2D eigenvalue weighted by atomic mass is 10.1. The fraction of sp³-hybridized carbons (Fsp3) is 0.529. The summed E-state index contributed by atoms with van der Waals surface area (Å²) in [6, 6.07) is 4.04. The first-order chi connectivity index (χ1) is 12.2. The van der Waals surface area contributed by atoms with Gasteiger partial charge in [0.2, 0.25) is 0 Å². The van der Waals surface area contributed by atoms with Crippen LogP contribution in [0.2, 0.25) is 0 Å². The number of aliphatic imine (C=N–C) groups is 1. The summed E-state index contributed by atoms with van der Waals surface area (Å²) in [5.74, 6) is 3.48. The molecule has 0 bridgehead atoms. The largest absolute Gasteiger partial charge is 0.490 e. The van der Waals surface area contributed by atoms with Crippen molar-refractivity contribution in [2.24, 2.45) is 4.99 Å². The zero-order valence-corrected chi connectivity index (χ0v) is 14.8. The third kappa shape index (κ3) is 4.91. The predicted octanol–water partition coefficient (Wildman–Crippen LogP) is 0.930. The summed E-state index contributed by atoms with van der Waals surface area (Å²) in [4.78, 5) is 13.1. The molecule has 0 fully saturated rings. The Morgan fingerprint density at radius 1 is 1.48 bits per heavy atom. The quantitative estimate of drug-likeness (QED) is 0.461. The van der Waals surface area contributed by atoms with Crippen molar-refractivity contribution in [3.8, 4) is 5.75 Å². The monoisotopic (exact) mass is 343 g/mol. The van der Waals surface area contributed by atoms with E-state index in [-0.39, 0.29) is 0 Å². The molecule has 1 atom stereocenters. The maximum atomic E-state index is 5.63. The van der Waals surface area contributed by atoms with Gasteiger partial charge < -0.3 is 15.4 Å². The SMILES string of the molecule is CCNC(=NCCOc1cccnc1)NC1CCc2nc(C)nn2C1. The molecule has 1 unspecified atom stereocenters. The number of hydrogen-bond donors (Lipinski definition) is 2. The van der Waals surface area contributed by atoms with E-state index in [0.717, 1.165) is 49.3 Å². The molecule has 0 radical (unpaired) electrons. The molecule has 1 aliphatic heterocycles. The maximum Gasteiger partial charge on any atom is 0.191 e. The number of nitrogens with zero attached hydrogens (tertiary/aromatic N) is 5. The molecule has 2 aromatic rings. The van der Waals surface area contributed by atoms with Crippen molar-refractivity contribution in [2.75, 3.05) is 19.7 Å². The van der Waals surface area contributed by atoms with Gasteiger partial charge in [-0.1, -0.05) is 0 Å². The van der Waals surface area contributed by atoms with Crippen LogP contribution in [-0.4, -0.2) is 51.4 Å². The second-order valence-electron chi connectivity index (χ2n) is 5.94. The van der Waals surface area contributed by atoms with Crippen LogP contribution in [0.25, 0.3) is 0 Å². The molecule has 2 aromatic heterocycles. The number of ether oxygens (including phenoxy) is 1. The van der Waals surface area contributed by atoms with Crippen molar-refractivity contribution in [3.05, 3.63) is 36.2 Å². The fourth-order valence-corrected chi connectivity index (χ4v) is 2.82. The topological polar surface area (TPSA) is 89.2 Å². The van der Waals surface area contributed by atoms with E-state index >= 15 is 0 Å². The summed E-state index contributed by atoms with van der Waals surface area (Å²) in [5.41, 5.74) is 0. The van der Waals surface area contributed by atoms with E-state index in [2.05, 4.69) is 37.6 Å². The molecular weight excluding hydrogens is 318 g/mol. The van der Waals surface area contributed by atoms with Crippen molar-refractivity contribution in [1.82, 2.24) is 30.4 Å². The number of aromatic nitrogens is 4. The number of guanidine groups is 1. The van der Waals surface area contributed by atoms with E-state index in [0.29, 0.717) is 19.2 Å². The predicted molar refractivity (Wildman–Crippen MR) is 95.7 cm³/mol. The van der Waals surface area contributed by atoms with E-state index in [9.17, 15) is 0 Å². The standard InChI is InChI=1S/C17H25N7O/c1-3-19-17(20-9-10-25-15-5-4-8-18-11-15)22-14-6-7-16-21-13(2)23-24(16)12-14/h4-5,8,11,14H,3,6-7,9-10,12H2,1-2H3,(H2,19,20,22). The first kappa shape index (κ1) is 17.2. The Labute approximate surface area is 147 Å². The van der Waals surface area contributed by atoms with Crippen LogP contribution in [0.3, 0.4) is 0 Å². The highest BCUT2D eigenvalue weighted by molar-refractivity contribution is 5.80. The normalized spacial score (nSPS) is 17.0. The van der Waals surface area contributed by atoms with Crippen molar-refractivity contribution >= 4 is 5.96 Å².